The number of carbonyl (C=O) groups is 1. The molecule has 21 heavy (non-hydrogen) atoms. The summed E-state index contributed by atoms with van der Waals surface area (Å²) in [6.45, 7) is 10.7. The number of nitrogens with one attached hydrogen (secondary N) is 2. The second-order valence-corrected chi connectivity index (χ2v) is 5.86. The second kappa shape index (κ2) is 7.46. The largest absolute Gasteiger partial charge is 0.370 e. The Balaban J connectivity index is 1.81. The lowest BCUT2D eigenvalue weighted by molar-refractivity contribution is -0.126. The molecule has 1 heterocycles. The smallest absolute Gasteiger partial charge is 0.223 e. The van der Waals surface area contributed by atoms with E-state index in [-0.39, 0.29) is 11.8 Å². The number of likely N-dealkylation sites (N-methyl/N-ethyl adjacent to an activating group) is 1. The predicted octanol–water partition coefficient (Wildman–Crippen LogP) is 1.79. The first-order valence-electron chi connectivity index (χ1n) is 7.92. The van der Waals surface area contributed by atoms with Crippen molar-refractivity contribution >= 4 is 11.6 Å². The quantitative estimate of drug-likeness (QED) is 0.804. The molecule has 1 amide bonds. The lowest BCUT2D eigenvalue weighted by atomic mass is 9.88. The van der Waals surface area contributed by atoms with Crippen molar-refractivity contribution in [2.75, 3.05) is 37.6 Å². The molecule has 1 unspecified atom stereocenters. The summed E-state index contributed by atoms with van der Waals surface area (Å²) in [5.41, 5.74) is 2.53. The van der Waals surface area contributed by atoms with Crippen LogP contribution in [0.1, 0.15) is 19.4 Å². The Morgan fingerprint density at radius 3 is 2.71 bits per heavy atom. The van der Waals surface area contributed by atoms with Crippen molar-refractivity contribution < 1.29 is 4.79 Å². The van der Waals surface area contributed by atoms with Gasteiger partial charge in [-0.25, -0.2) is 0 Å². The molecule has 0 saturated carbocycles. The zero-order valence-electron chi connectivity index (χ0n) is 13.4. The van der Waals surface area contributed by atoms with E-state index in [9.17, 15) is 4.79 Å². The zero-order valence-corrected chi connectivity index (χ0v) is 13.4. The van der Waals surface area contributed by atoms with Crippen molar-refractivity contribution in [3.63, 3.8) is 0 Å². The van der Waals surface area contributed by atoms with Gasteiger partial charge in [0, 0.05) is 31.2 Å². The van der Waals surface area contributed by atoms with Crippen LogP contribution in [0.25, 0.3) is 0 Å². The van der Waals surface area contributed by atoms with Gasteiger partial charge in [0.2, 0.25) is 5.91 Å². The molecule has 1 saturated heterocycles. The molecular formula is C17H27N3O. The molecule has 1 aromatic carbocycles. The van der Waals surface area contributed by atoms with Gasteiger partial charge < -0.3 is 15.5 Å². The van der Waals surface area contributed by atoms with Gasteiger partial charge in [-0.3, -0.25) is 4.79 Å². The fraction of sp³-hybridized carbons (Fsp3) is 0.588. The first-order chi connectivity index (χ1) is 10.1. The third-order valence-electron chi connectivity index (χ3n) is 4.45. The first-order valence-corrected chi connectivity index (χ1v) is 7.92. The van der Waals surface area contributed by atoms with Crippen LogP contribution in [-0.4, -0.2) is 38.6 Å². The molecule has 0 spiro atoms. The van der Waals surface area contributed by atoms with Crippen molar-refractivity contribution in [3.8, 4) is 0 Å². The number of anilines is 1. The Hall–Kier alpha value is -1.55. The van der Waals surface area contributed by atoms with Crippen LogP contribution in [0.5, 0.6) is 0 Å². The Morgan fingerprint density at radius 2 is 2.14 bits per heavy atom. The molecule has 4 nitrogen and oxygen atoms in total. The Kier molecular flexibility index (Phi) is 5.62. The van der Waals surface area contributed by atoms with Crippen molar-refractivity contribution in [3.05, 3.63) is 29.8 Å². The fourth-order valence-electron chi connectivity index (χ4n) is 2.72. The molecule has 0 bridgehead atoms. The first kappa shape index (κ1) is 15.8. The molecule has 0 radical (unpaired) electrons. The SMILES string of the molecule is CCN(CCNC(=O)C(C)C1CNC1)c1ccccc1C. The average Bonchev–Trinajstić information content (AvgIpc) is 2.42. The van der Waals surface area contributed by atoms with Gasteiger partial charge in [-0.1, -0.05) is 25.1 Å². The standard InChI is InChI=1S/C17H27N3O/c1-4-20(16-8-6-5-7-13(16)2)10-9-19-17(21)14(3)15-11-18-12-15/h5-8,14-15,18H,4,9-12H2,1-3H3,(H,19,21). The van der Waals surface area contributed by atoms with Crippen molar-refractivity contribution in [1.82, 2.24) is 10.6 Å². The van der Waals surface area contributed by atoms with Crippen LogP contribution in [0.2, 0.25) is 0 Å². The van der Waals surface area contributed by atoms with E-state index in [4.69, 9.17) is 0 Å². The number of rotatable bonds is 7. The van der Waals surface area contributed by atoms with Crippen LogP contribution in [0, 0.1) is 18.8 Å². The van der Waals surface area contributed by atoms with Crippen molar-refractivity contribution in [2.24, 2.45) is 11.8 Å². The van der Waals surface area contributed by atoms with Crippen LogP contribution in [0.4, 0.5) is 5.69 Å². The number of hydrogen-bond donors (Lipinski definition) is 2. The number of para-hydroxylation sites is 1. The van der Waals surface area contributed by atoms with Gasteiger partial charge in [-0.15, -0.1) is 0 Å². The summed E-state index contributed by atoms with van der Waals surface area (Å²) in [4.78, 5) is 14.4. The van der Waals surface area contributed by atoms with Gasteiger partial charge in [0.05, 0.1) is 0 Å². The molecule has 1 aliphatic heterocycles. The summed E-state index contributed by atoms with van der Waals surface area (Å²) in [6.07, 6.45) is 0. The summed E-state index contributed by atoms with van der Waals surface area (Å²) in [6, 6.07) is 8.39. The third kappa shape index (κ3) is 3.97. The maximum absolute atomic E-state index is 12.1. The highest BCUT2D eigenvalue weighted by Gasteiger charge is 2.28. The van der Waals surface area contributed by atoms with Crippen LogP contribution >= 0.6 is 0 Å². The molecule has 1 atom stereocenters. The maximum atomic E-state index is 12.1. The van der Waals surface area contributed by atoms with Gasteiger partial charge >= 0.3 is 0 Å². The average molecular weight is 289 g/mol. The van der Waals surface area contributed by atoms with E-state index in [0.717, 1.165) is 26.2 Å². The number of carbonyl (C=O) groups excluding carboxylic acids is 1. The molecule has 4 heteroatoms. The lowest BCUT2D eigenvalue weighted by Gasteiger charge is -2.32. The molecule has 2 N–H and O–H groups in total. The van der Waals surface area contributed by atoms with Crippen molar-refractivity contribution in [2.45, 2.75) is 20.8 Å². The predicted molar refractivity (Wildman–Crippen MR) is 87.6 cm³/mol. The van der Waals surface area contributed by atoms with Crippen molar-refractivity contribution in [1.29, 1.82) is 0 Å². The number of nitrogens with zero attached hydrogens (tertiary/aromatic N) is 1. The molecule has 2 rings (SSSR count). The summed E-state index contributed by atoms with van der Waals surface area (Å²) < 4.78 is 0. The molecule has 1 aromatic rings. The highest BCUT2D eigenvalue weighted by atomic mass is 16.1. The van der Waals surface area contributed by atoms with Crippen LogP contribution < -0.4 is 15.5 Å². The monoisotopic (exact) mass is 289 g/mol. The number of benzene rings is 1. The van der Waals surface area contributed by atoms with Gasteiger partial charge in [0.1, 0.15) is 0 Å². The van der Waals surface area contributed by atoms with Crippen LogP contribution in [0.15, 0.2) is 24.3 Å². The summed E-state index contributed by atoms with van der Waals surface area (Å²) >= 11 is 0. The minimum atomic E-state index is 0.111. The number of hydrogen-bond acceptors (Lipinski definition) is 3. The van der Waals surface area contributed by atoms with E-state index >= 15 is 0 Å². The van der Waals surface area contributed by atoms with E-state index < -0.39 is 0 Å². The topological polar surface area (TPSA) is 44.4 Å². The molecule has 1 aliphatic rings. The Labute approximate surface area is 127 Å². The van der Waals surface area contributed by atoms with Gasteiger partial charge in [-0.2, -0.15) is 0 Å². The Bertz CT molecular complexity index is 471. The van der Waals surface area contributed by atoms with Gasteiger partial charge in [-0.05, 0) is 44.5 Å². The van der Waals surface area contributed by atoms with Gasteiger partial charge in [0.15, 0.2) is 0 Å². The lowest BCUT2D eigenvalue weighted by Crippen LogP contribution is -2.50. The highest BCUT2D eigenvalue weighted by Crippen LogP contribution is 2.19. The minimum absolute atomic E-state index is 0.111. The van der Waals surface area contributed by atoms with Crippen LogP contribution in [0.3, 0.4) is 0 Å². The summed E-state index contributed by atoms with van der Waals surface area (Å²) in [5.74, 6) is 0.797. The van der Waals surface area contributed by atoms with Gasteiger partial charge in [0.25, 0.3) is 0 Å². The Morgan fingerprint density at radius 1 is 1.43 bits per heavy atom. The second-order valence-electron chi connectivity index (χ2n) is 5.86. The number of aryl methyl sites for hydroxylation is 1. The fourth-order valence-corrected chi connectivity index (χ4v) is 2.72. The molecule has 0 aromatic heterocycles. The van der Waals surface area contributed by atoms with E-state index in [1.54, 1.807) is 0 Å². The molecular weight excluding hydrogens is 262 g/mol. The molecule has 1 fully saturated rings. The van der Waals surface area contributed by atoms with E-state index in [1.807, 2.05) is 6.92 Å². The van der Waals surface area contributed by atoms with E-state index in [0.29, 0.717) is 12.5 Å². The zero-order chi connectivity index (χ0) is 15.2. The highest BCUT2D eigenvalue weighted by molar-refractivity contribution is 5.78. The number of amides is 1. The summed E-state index contributed by atoms with van der Waals surface area (Å²) in [5, 5.41) is 6.30. The molecule has 0 aliphatic carbocycles. The molecule has 116 valence electrons. The maximum Gasteiger partial charge on any atom is 0.223 e. The van der Waals surface area contributed by atoms with E-state index in [1.165, 1.54) is 11.3 Å². The van der Waals surface area contributed by atoms with E-state index in [2.05, 4.69) is 53.6 Å². The third-order valence-corrected chi connectivity index (χ3v) is 4.45. The van der Waals surface area contributed by atoms with Crippen LogP contribution in [-0.2, 0) is 4.79 Å². The summed E-state index contributed by atoms with van der Waals surface area (Å²) in [7, 11) is 0. The normalized spacial score (nSPS) is 16.1. The minimum Gasteiger partial charge on any atom is -0.370 e.